The number of carbonyl (C=O) groups excluding carboxylic acids is 1. The molecular formula is C28H32FN3O2. The van der Waals surface area contributed by atoms with E-state index in [9.17, 15) is 9.18 Å². The monoisotopic (exact) mass is 461 g/mol. The summed E-state index contributed by atoms with van der Waals surface area (Å²) in [6, 6.07) is 22.1. The molecule has 0 radical (unpaired) electrons. The van der Waals surface area contributed by atoms with Gasteiger partial charge in [0.25, 0.3) is 5.91 Å². The second kappa shape index (κ2) is 10.7. The molecule has 3 aromatic carbocycles. The number of methoxy groups -OCH3 is 1. The molecule has 0 spiro atoms. The van der Waals surface area contributed by atoms with Crippen LogP contribution in [-0.4, -0.2) is 51.1 Å². The van der Waals surface area contributed by atoms with Crippen LogP contribution in [0.3, 0.4) is 0 Å². The van der Waals surface area contributed by atoms with Crippen LogP contribution < -0.4 is 14.5 Å². The van der Waals surface area contributed by atoms with Crippen molar-refractivity contribution in [1.29, 1.82) is 0 Å². The van der Waals surface area contributed by atoms with Gasteiger partial charge in [-0.25, -0.2) is 4.39 Å². The number of nitrogens with zero attached hydrogens (tertiary/aromatic N) is 3. The number of ether oxygens (including phenoxy) is 1. The van der Waals surface area contributed by atoms with Gasteiger partial charge in [-0.15, -0.1) is 0 Å². The maximum atomic E-state index is 13.7. The highest BCUT2D eigenvalue weighted by Gasteiger charge is 2.31. The molecule has 4 rings (SSSR count). The number of rotatable bonds is 7. The van der Waals surface area contributed by atoms with Crippen LogP contribution in [0, 0.1) is 5.82 Å². The maximum Gasteiger partial charge on any atom is 0.262 e. The standard InChI is InChI=1S/C28H32FN3O2/c1-30(2)23-12-8-21(9-13-23)20-31-18-16-25(17-19-31)32(24-14-10-22(29)11-15-24)28(33)26-6-4-5-7-27(26)34-3/h4-15,25H,16-20H2,1-3H3. The van der Waals surface area contributed by atoms with Gasteiger partial charge in [0, 0.05) is 51.1 Å². The molecule has 5 nitrogen and oxygen atoms in total. The molecule has 1 saturated heterocycles. The van der Waals surface area contributed by atoms with Gasteiger partial charge in [-0.05, 0) is 66.9 Å². The lowest BCUT2D eigenvalue weighted by Gasteiger charge is -2.39. The van der Waals surface area contributed by atoms with Gasteiger partial charge in [0.15, 0.2) is 0 Å². The summed E-state index contributed by atoms with van der Waals surface area (Å²) in [5, 5.41) is 0. The van der Waals surface area contributed by atoms with E-state index in [-0.39, 0.29) is 17.8 Å². The van der Waals surface area contributed by atoms with Crippen molar-refractivity contribution in [1.82, 2.24) is 4.90 Å². The van der Waals surface area contributed by atoms with Crippen molar-refractivity contribution in [3.05, 3.63) is 89.7 Å². The normalized spacial score (nSPS) is 14.6. The molecular weight excluding hydrogens is 429 g/mol. The third-order valence-electron chi connectivity index (χ3n) is 6.44. The average molecular weight is 462 g/mol. The summed E-state index contributed by atoms with van der Waals surface area (Å²) in [4.78, 5) is 20.0. The Kier molecular flexibility index (Phi) is 7.48. The number of halogens is 1. The molecule has 1 fully saturated rings. The molecule has 0 bridgehead atoms. The predicted molar refractivity (Wildman–Crippen MR) is 135 cm³/mol. The van der Waals surface area contributed by atoms with Crippen LogP contribution >= 0.6 is 0 Å². The zero-order valence-electron chi connectivity index (χ0n) is 20.1. The van der Waals surface area contributed by atoms with E-state index < -0.39 is 0 Å². The van der Waals surface area contributed by atoms with Crippen LogP contribution in [0.15, 0.2) is 72.8 Å². The Morgan fingerprint density at radius 2 is 1.56 bits per heavy atom. The fraction of sp³-hybridized carbons (Fsp3) is 0.321. The van der Waals surface area contributed by atoms with Gasteiger partial charge in [0.2, 0.25) is 0 Å². The van der Waals surface area contributed by atoms with Crippen molar-refractivity contribution < 1.29 is 13.9 Å². The maximum absolute atomic E-state index is 13.7. The Labute approximate surface area is 201 Å². The first-order valence-electron chi connectivity index (χ1n) is 11.7. The molecule has 34 heavy (non-hydrogen) atoms. The minimum absolute atomic E-state index is 0.0234. The highest BCUT2D eigenvalue weighted by Crippen LogP contribution is 2.29. The van der Waals surface area contributed by atoms with Crippen LogP contribution in [0.2, 0.25) is 0 Å². The molecule has 0 aromatic heterocycles. The SMILES string of the molecule is COc1ccccc1C(=O)N(c1ccc(F)cc1)C1CCN(Cc2ccc(N(C)C)cc2)CC1. The highest BCUT2D eigenvalue weighted by atomic mass is 19.1. The lowest BCUT2D eigenvalue weighted by molar-refractivity contribution is 0.0955. The number of benzene rings is 3. The quantitative estimate of drug-likeness (QED) is 0.484. The van der Waals surface area contributed by atoms with Gasteiger partial charge >= 0.3 is 0 Å². The third-order valence-corrected chi connectivity index (χ3v) is 6.44. The summed E-state index contributed by atoms with van der Waals surface area (Å²) in [7, 11) is 5.65. The molecule has 1 aliphatic rings. The van der Waals surface area contributed by atoms with E-state index in [1.165, 1.54) is 23.4 Å². The number of amides is 1. The minimum atomic E-state index is -0.316. The number of para-hydroxylation sites is 1. The molecule has 0 atom stereocenters. The second-order valence-electron chi connectivity index (χ2n) is 8.92. The topological polar surface area (TPSA) is 36.0 Å². The molecule has 1 amide bonds. The number of carbonyl (C=O) groups is 1. The lowest BCUT2D eigenvalue weighted by atomic mass is 10.00. The van der Waals surface area contributed by atoms with Gasteiger partial charge in [-0.3, -0.25) is 9.69 Å². The van der Waals surface area contributed by atoms with Gasteiger partial charge < -0.3 is 14.5 Å². The van der Waals surface area contributed by atoms with E-state index in [4.69, 9.17) is 4.74 Å². The van der Waals surface area contributed by atoms with Crippen molar-refractivity contribution in [3.63, 3.8) is 0 Å². The van der Waals surface area contributed by atoms with Gasteiger partial charge in [0.05, 0.1) is 12.7 Å². The summed E-state index contributed by atoms with van der Waals surface area (Å²) in [6.07, 6.45) is 1.68. The van der Waals surface area contributed by atoms with Crippen LogP contribution in [0.5, 0.6) is 5.75 Å². The second-order valence-corrected chi connectivity index (χ2v) is 8.92. The lowest BCUT2D eigenvalue weighted by Crippen LogP contribution is -2.47. The fourth-order valence-electron chi connectivity index (χ4n) is 4.54. The van der Waals surface area contributed by atoms with Gasteiger partial charge in [-0.1, -0.05) is 24.3 Å². The summed E-state index contributed by atoms with van der Waals surface area (Å²) in [6.45, 7) is 2.66. The Morgan fingerprint density at radius 1 is 0.941 bits per heavy atom. The molecule has 178 valence electrons. The molecule has 0 aliphatic carbocycles. The van der Waals surface area contributed by atoms with E-state index in [1.54, 1.807) is 31.4 Å². The van der Waals surface area contributed by atoms with E-state index in [0.717, 1.165) is 32.5 Å². The van der Waals surface area contributed by atoms with E-state index in [1.807, 2.05) is 31.1 Å². The van der Waals surface area contributed by atoms with Crippen LogP contribution in [0.1, 0.15) is 28.8 Å². The van der Waals surface area contributed by atoms with Gasteiger partial charge in [-0.2, -0.15) is 0 Å². The van der Waals surface area contributed by atoms with Crippen LogP contribution in [-0.2, 0) is 6.54 Å². The number of hydrogen-bond donors (Lipinski definition) is 0. The molecule has 3 aromatic rings. The Bertz CT molecular complexity index is 1090. The zero-order valence-corrected chi connectivity index (χ0v) is 20.1. The number of likely N-dealkylation sites (tertiary alicyclic amines) is 1. The summed E-state index contributed by atoms with van der Waals surface area (Å²) in [5.74, 6) is 0.101. The van der Waals surface area contributed by atoms with Gasteiger partial charge in [0.1, 0.15) is 11.6 Å². The van der Waals surface area contributed by atoms with Crippen molar-refractivity contribution in [2.75, 3.05) is 44.1 Å². The Morgan fingerprint density at radius 3 is 2.18 bits per heavy atom. The summed E-state index contributed by atoms with van der Waals surface area (Å²) in [5.41, 5.74) is 3.68. The summed E-state index contributed by atoms with van der Waals surface area (Å²) < 4.78 is 19.1. The first-order valence-corrected chi connectivity index (χ1v) is 11.7. The molecule has 0 unspecified atom stereocenters. The molecule has 0 saturated carbocycles. The zero-order chi connectivity index (χ0) is 24.1. The van der Waals surface area contributed by atoms with E-state index in [0.29, 0.717) is 17.0 Å². The first-order chi connectivity index (χ1) is 16.5. The molecule has 6 heteroatoms. The minimum Gasteiger partial charge on any atom is -0.496 e. The van der Waals surface area contributed by atoms with Crippen molar-refractivity contribution in [3.8, 4) is 5.75 Å². The van der Waals surface area contributed by atoms with Crippen LogP contribution in [0.25, 0.3) is 0 Å². The smallest absolute Gasteiger partial charge is 0.262 e. The van der Waals surface area contributed by atoms with E-state index >= 15 is 0 Å². The number of hydrogen-bond acceptors (Lipinski definition) is 4. The molecule has 1 heterocycles. The van der Waals surface area contributed by atoms with Crippen molar-refractivity contribution in [2.24, 2.45) is 0 Å². The summed E-state index contributed by atoms with van der Waals surface area (Å²) >= 11 is 0. The van der Waals surface area contributed by atoms with Crippen LogP contribution in [0.4, 0.5) is 15.8 Å². The highest BCUT2D eigenvalue weighted by molar-refractivity contribution is 6.08. The first kappa shape index (κ1) is 23.8. The predicted octanol–water partition coefficient (Wildman–Crippen LogP) is 5.21. The van der Waals surface area contributed by atoms with E-state index in [2.05, 4.69) is 34.1 Å². The largest absolute Gasteiger partial charge is 0.496 e. The van der Waals surface area contributed by atoms with Crippen molar-refractivity contribution in [2.45, 2.75) is 25.4 Å². The molecule has 1 aliphatic heterocycles. The fourth-order valence-corrected chi connectivity index (χ4v) is 4.54. The average Bonchev–Trinajstić information content (AvgIpc) is 2.86. The molecule has 0 N–H and O–H groups in total. The number of piperidine rings is 1. The Hall–Kier alpha value is -3.38. The third kappa shape index (κ3) is 5.39. The Balaban J connectivity index is 1.50. The number of anilines is 2. The van der Waals surface area contributed by atoms with Crippen molar-refractivity contribution >= 4 is 17.3 Å².